The number of nitrogens with zero attached hydrogens (tertiary/aromatic N) is 6. The van der Waals surface area contributed by atoms with Crippen LogP contribution in [0.25, 0.3) is 28.1 Å². The molecular weight excluding hydrogens is 433 g/mol. The summed E-state index contributed by atoms with van der Waals surface area (Å²) >= 11 is 0. The molecule has 1 aliphatic heterocycles. The predicted molar refractivity (Wildman–Crippen MR) is 125 cm³/mol. The number of imidazole rings is 1. The van der Waals surface area contributed by atoms with Crippen LogP contribution in [0.15, 0.2) is 54.9 Å². The molecule has 0 unspecified atom stereocenters. The van der Waals surface area contributed by atoms with E-state index in [0.717, 1.165) is 41.8 Å². The van der Waals surface area contributed by atoms with Crippen molar-refractivity contribution in [3.8, 4) is 23.2 Å². The first-order valence-corrected chi connectivity index (χ1v) is 11.0. The Bertz CT molecular complexity index is 1580. The number of benzene rings is 2. The van der Waals surface area contributed by atoms with Crippen molar-refractivity contribution < 1.29 is 9.13 Å². The van der Waals surface area contributed by atoms with E-state index in [2.05, 4.69) is 21.1 Å². The fourth-order valence-electron chi connectivity index (χ4n) is 4.71. The van der Waals surface area contributed by atoms with Gasteiger partial charge in [-0.05, 0) is 42.7 Å². The molecule has 9 heteroatoms. The highest BCUT2D eigenvalue weighted by Gasteiger charge is 2.28. The summed E-state index contributed by atoms with van der Waals surface area (Å²) in [4.78, 5) is 15.1. The molecule has 0 spiro atoms. The molecule has 4 heterocycles. The zero-order valence-electron chi connectivity index (χ0n) is 18.4. The molecule has 1 saturated heterocycles. The van der Waals surface area contributed by atoms with Gasteiger partial charge in [-0.2, -0.15) is 10.4 Å². The Hall–Kier alpha value is -4.45. The summed E-state index contributed by atoms with van der Waals surface area (Å²) in [6.07, 6.45) is 5.55. The fourth-order valence-corrected chi connectivity index (χ4v) is 4.71. The number of anilines is 1. The Morgan fingerprint density at radius 1 is 1.21 bits per heavy atom. The molecule has 2 aromatic carbocycles. The minimum Gasteiger partial charge on any atom is -0.495 e. The second-order valence-corrected chi connectivity index (χ2v) is 8.29. The Morgan fingerprint density at radius 2 is 2.12 bits per heavy atom. The van der Waals surface area contributed by atoms with E-state index in [1.165, 1.54) is 13.2 Å². The number of nitriles is 1. The maximum atomic E-state index is 13.9. The molecule has 168 valence electrons. The third-order valence-electron chi connectivity index (χ3n) is 6.31. The third-order valence-corrected chi connectivity index (χ3v) is 6.31. The number of fused-ring (bicyclic) bond motifs is 2. The van der Waals surface area contributed by atoms with Crippen molar-refractivity contribution in [2.24, 2.45) is 0 Å². The standard InChI is InChI=1S/C25H20FN7O/c1-34-22-12-20-19(11-16(22)13-27)29-24(30-20)18-14-28-33-9-7-23(31-25(18)33)32-8-3-6-21(32)15-4-2-5-17(26)10-15/h2,4-5,7,9-12,14,21H,3,6,8H2,1H3,(H,29,30)/t21-/m1/s1. The number of hydrogen-bond acceptors (Lipinski definition) is 6. The lowest BCUT2D eigenvalue weighted by atomic mass is 10.0. The molecule has 0 amide bonds. The largest absolute Gasteiger partial charge is 0.495 e. The van der Waals surface area contributed by atoms with Crippen molar-refractivity contribution in [1.29, 1.82) is 5.26 Å². The van der Waals surface area contributed by atoms with Crippen LogP contribution in [-0.4, -0.2) is 38.2 Å². The van der Waals surface area contributed by atoms with E-state index in [-0.39, 0.29) is 11.9 Å². The van der Waals surface area contributed by atoms with Gasteiger partial charge in [0, 0.05) is 18.8 Å². The molecule has 1 N–H and O–H groups in total. The number of H-pyrrole nitrogens is 1. The van der Waals surface area contributed by atoms with E-state index in [1.54, 1.807) is 35.0 Å². The average molecular weight is 453 g/mol. The van der Waals surface area contributed by atoms with Gasteiger partial charge in [0.05, 0.1) is 41.5 Å². The van der Waals surface area contributed by atoms with Crippen molar-refractivity contribution in [2.45, 2.75) is 18.9 Å². The summed E-state index contributed by atoms with van der Waals surface area (Å²) in [6, 6.07) is 14.4. The van der Waals surface area contributed by atoms with E-state index in [4.69, 9.17) is 14.7 Å². The van der Waals surface area contributed by atoms with Crippen LogP contribution in [0.1, 0.15) is 30.0 Å². The average Bonchev–Trinajstić information content (AvgIpc) is 3.60. The molecule has 1 aliphatic rings. The lowest BCUT2D eigenvalue weighted by Crippen LogP contribution is -2.23. The summed E-state index contributed by atoms with van der Waals surface area (Å²) in [7, 11) is 1.53. The van der Waals surface area contributed by atoms with Gasteiger partial charge in [-0.25, -0.2) is 18.9 Å². The molecule has 0 bridgehead atoms. The van der Waals surface area contributed by atoms with Crippen LogP contribution in [0.4, 0.5) is 10.2 Å². The molecule has 1 atom stereocenters. The quantitative estimate of drug-likeness (QED) is 0.426. The van der Waals surface area contributed by atoms with Crippen LogP contribution < -0.4 is 9.64 Å². The molecule has 5 aromatic rings. The molecule has 0 radical (unpaired) electrons. The molecule has 0 aliphatic carbocycles. The lowest BCUT2D eigenvalue weighted by Gasteiger charge is -2.26. The molecule has 34 heavy (non-hydrogen) atoms. The van der Waals surface area contributed by atoms with Crippen molar-refractivity contribution >= 4 is 22.5 Å². The fraction of sp³-hybridized carbons (Fsp3) is 0.200. The first-order chi connectivity index (χ1) is 16.6. The van der Waals surface area contributed by atoms with Crippen molar-refractivity contribution in [3.05, 3.63) is 71.8 Å². The second-order valence-electron chi connectivity index (χ2n) is 8.29. The number of nitrogens with one attached hydrogen (secondary N) is 1. The monoisotopic (exact) mass is 453 g/mol. The predicted octanol–water partition coefficient (Wildman–Crippen LogP) is 4.63. The van der Waals surface area contributed by atoms with E-state index < -0.39 is 0 Å². The first kappa shape index (κ1) is 20.2. The minimum atomic E-state index is -0.230. The molecular formula is C25H20FN7O. The number of rotatable bonds is 4. The summed E-state index contributed by atoms with van der Waals surface area (Å²) < 4.78 is 20.9. The Morgan fingerprint density at radius 3 is 2.94 bits per heavy atom. The SMILES string of the molecule is COc1cc2nc(-c3cnn4ccc(N5CCC[C@@H]5c5cccc(F)c5)nc34)[nH]c2cc1C#N. The van der Waals surface area contributed by atoms with Crippen LogP contribution in [0, 0.1) is 17.1 Å². The Labute approximate surface area is 194 Å². The maximum absolute atomic E-state index is 13.9. The van der Waals surface area contributed by atoms with Crippen LogP contribution in [-0.2, 0) is 0 Å². The number of hydrogen-bond donors (Lipinski definition) is 1. The van der Waals surface area contributed by atoms with E-state index >= 15 is 0 Å². The number of aromatic nitrogens is 5. The summed E-state index contributed by atoms with van der Waals surface area (Å²) in [5.41, 5.74) is 4.21. The number of ether oxygens (including phenoxy) is 1. The lowest BCUT2D eigenvalue weighted by molar-refractivity contribution is 0.414. The van der Waals surface area contributed by atoms with Gasteiger partial charge in [-0.1, -0.05) is 12.1 Å². The first-order valence-electron chi connectivity index (χ1n) is 11.0. The van der Waals surface area contributed by atoms with Gasteiger partial charge in [0.1, 0.15) is 29.3 Å². The third kappa shape index (κ3) is 3.23. The van der Waals surface area contributed by atoms with E-state index in [1.807, 2.05) is 18.3 Å². The summed E-state index contributed by atoms with van der Waals surface area (Å²) in [5.74, 6) is 1.66. The van der Waals surface area contributed by atoms with Crippen LogP contribution in [0.2, 0.25) is 0 Å². The zero-order chi connectivity index (χ0) is 23.2. The minimum absolute atomic E-state index is 0.0695. The van der Waals surface area contributed by atoms with Crippen molar-refractivity contribution in [1.82, 2.24) is 24.6 Å². The molecule has 8 nitrogen and oxygen atoms in total. The topological polar surface area (TPSA) is 95.1 Å². The molecule has 6 rings (SSSR count). The van der Waals surface area contributed by atoms with E-state index in [9.17, 15) is 9.65 Å². The highest BCUT2D eigenvalue weighted by Crippen LogP contribution is 2.36. The van der Waals surface area contributed by atoms with Crippen molar-refractivity contribution in [2.75, 3.05) is 18.6 Å². The normalized spacial score (nSPS) is 15.8. The summed E-state index contributed by atoms with van der Waals surface area (Å²) in [6.45, 7) is 0.842. The number of aromatic amines is 1. The van der Waals surface area contributed by atoms with Crippen LogP contribution >= 0.6 is 0 Å². The van der Waals surface area contributed by atoms with Gasteiger partial charge in [-0.3, -0.25) is 0 Å². The molecule has 3 aromatic heterocycles. The van der Waals surface area contributed by atoms with Gasteiger partial charge in [0.15, 0.2) is 5.65 Å². The van der Waals surface area contributed by atoms with Crippen LogP contribution in [0.5, 0.6) is 5.75 Å². The zero-order valence-corrected chi connectivity index (χ0v) is 18.4. The highest BCUT2D eigenvalue weighted by atomic mass is 19.1. The summed E-state index contributed by atoms with van der Waals surface area (Å²) in [5, 5.41) is 13.8. The highest BCUT2D eigenvalue weighted by molar-refractivity contribution is 5.85. The number of methoxy groups -OCH3 is 1. The smallest absolute Gasteiger partial charge is 0.168 e. The van der Waals surface area contributed by atoms with Crippen LogP contribution in [0.3, 0.4) is 0 Å². The second kappa shape index (κ2) is 7.85. The van der Waals surface area contributed by atoms with Gasteiger partial charge in [0.2, 0.25) is 0 Å². The number of halogens is 1. The maximum Gasteiger partial charge on any atom is 0.168 e. The Balaban J connectivity index is 1.42. The van der Waals surface area contributed by atoms with Gasteiger partial charge in [-0.15, -0.1) is 0 Å². The van der Waals surface area contributed by atoms with Gasteiger partial charge < -0.3 is 14.6 Å². The van der Waals surface area contributed by atoms with Gasteiger partial charge >= 0.3 is 0 Å². The van der Waals surface area contributed by atoms with E-state index in [0.29, 0.717) is 28.3 Å². The Kier molecular flexibility index (Phi) is 4.66. The molecule has 0 saturated carbocycles. The van der Waals surface area contributed by atoms with Crippen molar-refractivity contribution in [3.63, 3.8) is 0 Å². The van der Waals surface area contributed by atoms with Gasteiger partial charge in [0.25, 0.3) is 0 Å². The molecule has 1 fully saturated rings.